The minimum absolute atomic E-state index is 0.0272. The molecule has 4 heteroatoms. The topological polar surface area (TPSA) is 55.1 Å². The molecule has 0 aromatic carbocycles. The standard InChI is InChI=1S/C4H11BN2O/c1-3(8)4(6)2-7-5/h4,7H,2,5-6H2,1H3. The van der Waals surface area contributed by atoms with Crippen LogP contribution >= 0.6 is 0 Å². The molecule has 0 aromatic rings. The first-order chi connectivity index (χ1) is 3.68. The molecule has 0 bridgehead atoms. The van der Waals surface area contributed by atoms with E-state index in [1.807, 2.05) is 0 Å². The van der Waals surface area contributed by atoms with E-state index in [1.165, 1.54) is 6.92 Å². The van der Waals surface area contributed by atoms with Crippen molar-refractivity contribution < 1.29 is 4.79 Å². The number of Topliss-reactive ketones (excluding diaryl/α,β-unsaturated/α-hetero) is 1. The fourth-order valence-corrected chi connectivity index (χ4v) is 0.364. The van der Waals surface area contributed by atoms with E-state index in [1.54, 1.807) is 7.98 Å². The minimum atomic E-state index is -0.333. The molecule has 0 aromatic heterocycles. The van der Waals surface area contributed by atoms with Crippen LogP contribution in [-0.4, -0.2) is 26.4 Å². The summed E-state index contributed by atoms with van der Waals surface area (Å²) in [6, 6.07) is -0.333. The summed E-state index contributed by atoms with van der Waals surface area (Å²) < 4.78 is 0. The lowest BCUT2D eigenvalue weighted by Crippen LogP contribution is -2.38. The highest BCUT2D eigenvalue weighted by molar-refractivity contribution is 6.04. The van der Waals surface area contributed by atoms with Crippen LogP contribution in [0.1, 0.15) is 6.92 Å². The summed E-state index contributed by atoms with van der Waals surface area (Å²) in [5, 5.41) is 2.80. The highest BCUT2D eigenvalue weighted by atomic mass is 16.1. The summed E-state index contributed by atoms with van der Waals surface area (Å²) in [5.74, 6) is 0.0272. The lowest BCUT2D eigenvalue weighted by molar-refractivity contribution is -0.118. The van der Waals surface area contributed by atoms with Crippen molar-refractivity contribution in [3.05, 3.63) is 0 Å². The highest BCUT2D eigenvalue weighted by Crippen LogP contribution is 1.74. The first-order valence-corrected chi connectivity index (χ1v) is 2.59. The van der Waals surface area contributed by atoms with Gasteiger partial charge in [-0.05, 0) is 6.92 Å². The predicted molar refractivity (Wildman–Crippen MR) is 35.2 cm³/mol. The third-order valence-electron chi connectivity index (χ3n) is 0.946. The number of carbonyl (C=O) groups is 1. The summed E-state index contributed by atoms with van der Waals surface area (Å²) >= 11 is 0. The van der Waals surface area contributed by atoms with Crippen molar-refractivity contribution in [3.8, 4) is 0 Å². The average molecular weight is 114 g/mol. The number of rotatable bonds is 3. The minimum Gasteiger partial charge on any atom is -0.360 e. The van der Waals surface area contributed by atoms with Crippen LogP contribution in [-0.2, 0) is 4.79 Å². The second-order valence-corrected chi connectivity index (χ2v) is 1.77. The highest BCUT2D eigenvalue weighted by Gasteiger charge is 2.03. The molecule has 46 valence electrons. The van der Waals surface area contributed by atoms with Crippen LogP contribution in [0.15, 0.2) is 0 Å². The van der Waals surface area contributed by atoms with Crippen LogP contribution in [0, 0.1) is 0 Å². The zero-order valence-corrected chi connectivity index (χ0v) is 5.27. The number of nitrogens with one attached hydrogen (secondary N) is 1. The molecule has 0 amide bonds. The van der Waals surface area contributed by atoms with Crippen molar-refractivity contribution >= 4 is 13.8 Å². The van der Waals surface area contributed by atoms with E-state index in [0.29, 0.717) is 6.54 Å². The maximum Gasteiger partial charge on any atom is 0.182 e. The number of carbonyl (C=O) groups excluding carboxylic acids is 1. The van der Waals surface area contributed by atoms with Crippen molar-refractivity contribution in [2.24, 2.45) is 5.73 Å². The Morgan fingerprint density at radius 2 is 2.50 bits per heavy atom. The van der Waals surface area contributed by atoms with Gasteiger partial charge in [-0.15, -0.1) is 0 Å². The van der Waals surface area contributed by atoms with E-state index >= 15 is 0 Å². The van der Waals surface area contributed by atoms with E-state index in [0.717, 1.165) is 0 Å². The number of ketones is 1. The Balaban J connectivity index is 3.32. The SMILES string of the molecule is BNCC(N)C(C)=O. The molecule has 0 radical (unpaired) electrons. The van der Waals surface area contributed by atoms with Crippen LogP contribution in [0.25, 0.3) is 0 Å². The van der Waals surface area contributed by atoms with Gasteiger partial charge in [0.05, 0.1) is 6.04 Å². The van der Waals surface area contributed by atoms with E-state index < -0.39 is 0 Å². The maximum absolute atomic E-state index is 10.4. The monoisotopic (exact) mass is 114 g/mol. The van der Waals surface area contributed by atoms with Crippen molar-refractivity contribution in [2.75, 3.05) is 6.54 Å². The van der Waals surface area contributed by atoms with Gasteiger partial charge in [-0.25, -0.2) is 0 Å². The summed E-state index contributed by atoms with van der Waals surface area (Å²) in [6.07, 6.45) is 0. The first-order valence-electron chi connectivity index (χ1n) is 2.59. The first kappa shape index (κ1) is 7.65. The fraction of sp³-hybridized carbons (Fsp3) is 0.750. The van der Waals surface area contributed by atoms with E-state index in [2.05, 4.69) is 5.23 Å². The van der Waals surface area contributed by atoms with Crippen molar-refractivity contribution in [2.45, 2.75) is 13.0 Å². The number of hydrogen-bond acceptors (Lipinski definition) is 3. The second kappa shape index (κ2) is 3.63. The second-order valence-electron chi connectivity index (χ2n) is 1.77. The summed E-state index contributed by atoms with van der Waals surface area (Å²) in [6.45, 7) is 2.05. The molecule has 8 heavy (non-hydrogen) atoms. The lowest BCUT2D eigenvalue weighted by atomic mass is 10.2. The van der Waals surface area contributed by atoms with Gasteiger partial charge in [0.1, 0.15) is 5.78 Å². The van der Waals surface area contributed by atoms with Crippen molar-refractivity contribution in [3.63, 3.8) is 0 Å². The molecular weight excluding hydrogens is 103 g/mol. The Hall–Kier alpha value is -0.345. The number of hydrogen-bond donors (Lipinski definition) is 2. The molecular formula is C4H11BN2O. The van der Waals surface area contributed by atoms with Crippen molar-refractivity contribution in [1.82, 2.24) is 5.23 Å². The molecule has 3 nitrogen and oxygen atoms in total. The van der Waals surface area contributed by atoms with Gasteiger partial charge in [-0.3, -0.25) is 4.79 Å². The summed E-state index contributed by atoms with van der Waals surface area (Å²) in [7, 11) is 1.77. The molecule has 0 saturated heterocycles. The number of nitrogens with two attached hydrogens (primary N) is 1. The molecule has 0 spiro atoms. The zero-order chi connectivity index (χ0) is 6.57. The Morgan fingerprint density at radius 3 is 2.62 bits per heavy atom. The summed E-state index contributed by atoms with van der Waals surface area (Å²) in [5.41, 5.74) is 5.31. The van der Waals surface area contributed by atoms with Gasteiger partial charge in [0, 0.05) is 6.54 Å². The molecule has 0 aliphatic rings. The van der Waals surface area contributed by atoms with E-state index in [4.69, 9.17) is 5.73 Å². The molecule has 0 saturated carbocycles. The molecule has 0 aliphatic heterocycles. The Kier molecular flexibility index (Phi) is 3.48. The van der Waals surface area contributed by atoms with Crippen LogP contribution in [0.4, 0.5) is 0 Å². The van der Waals surface area contributed by atoms with Gasteiger partial charge in [0.15, 0.2) is 7.98 Å². The van der Waals surface area contributed by atoms with Gasteiger partial charge in [0.25, 0.3) is 0 Å². The van der Waals surface area contributed by atoms with Crippen LogP contribution in [0.2, 0.25) is 0 Å². The fourth-order valence-electron chi connectivity index (χ4n) is 0.364. The van der Waals surface area contributed by atoms with Crippen LogP contribution in [0.3, 0.4) is 0 Å². The smallest absolute Gasteiger partial charge is 0.182 e. The molecule has 0 aliphatic carbocycles. The average Bonchev–Trinajstić information content (AvgIpc) is 1.67. The largest absolute Gasteiger partial charge is 0.360 e. The predicted octanol–water partition coefficient (Wildman–Crippen LogP) is -1.96. The molecule has 0 heterocycles. The normalized spacial score (nSPS) is 13.2. The molecule has 0 rings (SSSR count). The Morgan fingerprint density at radius 1 is 2.00 bits per heavy atom. The summed E-state index contributed by atoms with van der Waals surface area (Å²) in [4.78, 5) is 10.4. The van der Waals surface area contributed by atoms with E-state index in [-0.39, 0.29) is 11.8 Å². The Labute approximate surface area is 50.1 Å². The van der Waals surface area contributed by atoms with Gasteiger partial charge >= 0.3 is 0 Å². The molecule has 1 atom stereocenters. The van der Waals surface area contributed by atoms with Gasteiger partial charge in [0.2, 0.25) is 0 Å². The van der Waals surface area contributed by atoms with Crippen LogP contribution < -0.4 is 11.0 Å². The van der Waals surface area contributed by atoms with Gasteiger partial charge in [-0.2, -0.15) is 0 Å². The third kappa shape index (κ3) is 2.77. The molecule has 1 unspecified atom stereocenters. The van der Waals surface area contributed by atoms with Gasteiger partial charge < -0.3 is 11.0 Å². The van der Waals surface area contributed by atoms with E-state index in [9.17, 15) is 4.79 Å². The van der Waals surface area contributed by atoms with Gasteiger partial charge in [-0.1, -0.05) is 0 Å². The molecule has 3 N–H and O–H groups in total. The van der Waals surface area contributed by atoms with Crippen LogP contribution in [0.5, 0.6) is 0 Å². The zero-order valence-electron chi connectivity index (χ0n) is 5.27. The quantitative estimate of drug-likeness (QED) is 0.419. The lowest BCUT2D eigenvalue weighted by Gasteiger charge is -2.03. The maximum atomic E-state index is 10.4. The van der Waals surface area contributed by atoms with Crippen molar-refractivity contribution in [1.29, 1.82) is 0 Å². The third-order valence-corrected chi connectivity index (χ3v) is 0.946. The Bertz CT molecular complexity index is 86.1. The molecule has 0 fully saturated rings.